The number of benzene rings is 2. The highest BCUT2D eigenvalue weighted by Crippen LogP contribution is 2.45. The summed E-state index contributed by atoms with van der Waals surface area (Å²) in [5, 5.41) is 15.1. The van der Waals surface area contributed by atoms with E-state index in [1.807, 2.05) is 0 Å². The summed E-state index contributed by atoms with van der Waals surface area (Å²) < 4.78 is 11.1. The Kier molecular flexibility index (Phi) is 9.16. The van der Waals surface area contributed by atoms with Crippen molar-refractivity contribution in [1.29, 1.82) is 0 Å². The van der Waals surface area contributed by atoms with Gasteiger partial charge in [-0.15, -0.1) is 0 Å². The lowest BCUT2D eigenvalue weighted by Crippen LogP contribution is -2.39. The van der Waals surface area contributed by atoms with Crippen LogP contribution in [-0.4, -0.2) is 58.9 Å². The Labute approximate surface area is 239 Å². The number of ether oxygens (including phenoxy) is 2. The number of likely N-dealkylation sites (tertiary alicyclic amines) is 1. The van der Waals surface area contributed by atoms with Gasteiger partial charge in [0.1, 0.15) is 12.0 Å². The van der Waals surface area contributed by atoms with Gasteiger partial charge in [-0.3, -0.25) is 19.2 Å². The molecule has 212 valence electrons. The Balaban J connectivity index is 1.55. The first-order valence-electron chi connectivity index (χ1n) is 12.5. The molecule has 2 heterocycles. The topological polar surface area (TPSA) is 151 Å². The fourth-order valence-corrected chi connectivity index (χ4v) is 5.16. The number of carboxylic acids is 1. The van der Waals surface area contributed by atoms with Crippen molar-refractivity contribution in [2.45, 2.75) is 44.8 Å². The van der Waals surface area contributed by atoms with Crippen molar-refractivity contribution in [3.63, 3.8) is 0 Å². The van der Waals surface area contributed by atoms with Gasteiger partial charge in [-0.05, 0) is 43.0 Å². The molecule has 2 aliphatic heterocycles. The van der Waals surface area contributed by atoms with E-state index in [4.69, 9.17) is 32.7 Å². The predicted octanol–water partition coefficient (Wildman–Crippen LogP) is 2.87. The number of para-hydroxylation sites is 1. The SMILES string of the molecule is CC(=O)NC(CCCCN1C(=O)C(=O)C(C(=O)NCc2ccc(Cl)c(Cl)c2)C1c1cccc2c1OCO2)C(=O)O. The van der Waals surface area contributed by atoms with Crippen molar-refractivity contribution in [3.05, 3.63) is 57.6 Å². The number of fused-ring (bicyclic) bond motifs is 1. The maximum Gasteiger partial charge on any atom is 0.326 e. The summed E-state index contributed by atoms with van der Waals surface area (Å²) in [6, 6.07) is 7.85. The highest BCUT2D eigenvalue weighted by atomic mass is 35.5. The molecule has 1 fully saturated rings. The van der Waals surface area contributed by atoms with Gasteiger partial charge < -0.3 is 30.1 Å². The number of ketones is 1. The van der Waals surface area contributed by atoms with E-state index in [0.717, 1.165) is 0 Å². The third-order valence-electron chi connectivity index (χ3n) is 6.70. The zero-order chi connectivity index (χ0) is 29.0. The van der Waals surface area contributed by atoms with Gasteiger partial charge in [0, 0.05) is 25.6 Å². The summed E-state index contributed by atoms with van der Waals surface area (Å²) in [5.41, 5.74) is 1.10. The number of carbonyl (C=O) groups excluding carboxylic acids is 4. The second-order valence-corrected chi connectivity index (χ2v) is 10.2. The third-order valence-corrected chi connectivity index (χ3v) is 7.44. The minimum atomic E-state index is -1.36. The minimum Gasteiger partial charge on any atom is -0.480 e. The van der Waals surface area contributed by atoms with Crippen LogP contribution in [0.4, 0.5) is 0 Å². The number of rotatable bonds is 11. The molecule has 0 radical (unpaired) electrons. The number of hydrogen-bond acceptors (Lipinski definition) is 7. The van der Waals surface area contributed by atoms with E-state index < -0.39 is 47.5 Å². The number of unbranched alkanes of at least 4 members (excludes halogenated alkanes) is 1. The van der Waals surface area contributed by atoms with Crippen LogP contribution in [0.1, 0.15) is 43.4 Å². The largest absolute Gasteiger partial charge is 0.480 e. The zero-order valence-electron chi connectivity index (χ0n) is 21.4. The molecule has 13 heteroatoms. The molecule has 2 aliphatic rings. The van der Waals surface area contributed by atoms with Crippen LogP contribution in [0.25, 0.3) is 0 Å². The van der Waals surface area contributed by atoms with Crippen molar-refractivity contribution in [2.75, 3.05) is 13.3 Å². The van der Waals surface area contributed by atoms with Crippen molar-refractivity contribution < 1.29 is 38.6 Å². The summed E-state index contributed by atoms with van der Waals surface area (Å²) in [5.74, 6) is -4.57. The Morgan fingerprint density at radius 3 is 2.58 bits per heavy atom. The molecule has 3 N–H and O–H groups in total. The molecule has 0 spiro atoms. The Morgan fingerprint density at radius 1 is 1.10 bits per heavy atom. The molecular weight excluding hydrogens is 565 g/mol. The van der Waals surface area contributed by atoms with Crippen LogP contribution in [-0.2, 0) is 30.5 Å². The fraction of sp³-hybridized carbons (Fsp3) is 0.370. The van der Waals surface area contributed by atoms with Crippen LogP contribution >= 0.6 is 23.2 Å². The van der Waals surface area contributed by atoms with Gasteiger partial charge >= 0.3 is 5.97 Å². The Hall–Kier alpha value is -3.83. The first-order valence-corrected chi connectivity index (χ1v) is 13.3. The molecular formula is C27H27Cl2N3O8. The molecule has 0 aliphatic carbocycles. The molecule has 3 atom stereocenters. The van der Waals surface area contributed by atoms with Gasteiger partial charge in [0.2, 0.25) is 24.4 Å². The Morgan fingerprint density at radius 2 is 1.88 bits per heavy atom. The Bertz CT molecular complexity index is 1350. The van der Waals surface area contributed by atoms with E-state index in [0.29, 0.717) is 45.5 Å². The number of carboxylic acid groups (broad SMARTS) is 1. The molecule has 3 amide bonds. The standard InChI is InChI=1S/C27H27Cl2N3O8/c1-14(33)31-19(27(37)38)6-2-3-10-32-22(16-5-4-7-20-24(16)40-13-39-20)21(23(34)26(32)36)25(35)30-12-15-8-9-17(28)18(29)11-15/h4-5,7-9,11,19,21-22H,2-3,6,10,12-13H2,1H3,(H,30,35)(H,31,33)(H,37,38). The van der Waals surface area contributed by atoms with Crippen LogP contribution in [0, 0.1) is 5.92 Å². The fourth-order valence-electron chi connectivity index (χ4n) is 4.84. The lowest BCUT2D eigenvalue weighted by molar-refractivity contribution is -0.142. The normalized spacial score (nSPS) is 18.5. The molecule has 2 aromatic carbocycles. The van der Waals surface area contributed by atoms with Crippen LogP contribution in [0.15, 0.2) is 36.4 Å². The van der Waals surface area contributed by atoms with Crippen LogP contribution in [0.5, 0.6) is 11.5 Å². The highest BCUT2D eigenvalue weighted by molar-refractivity contribution is 6.43. The van der Waals surface area contributed by atoms with Crippen LogP contribution < -0.4 is 20.1 Å². The van der Waals surface area contributed by atoms with Crippen molar-refractivity contribution in [2.24, 2.45) is 5.92 Å². The van der Waals surface area contributed by atoms with E-state index >= 15 is 0 Å². The average molecular weight is 592 g/mol. The maximum atomic E-state index is 13.4. The minimum absolute atomic E-state index is 0.0468. The number of amides is 3. The van der Waals surface area contributed by atoms with E-state index in [1.54, 1.807) is 36.4 Å². The number of Topliss-reactive ketones (excluding diaryl/α,β-unsaturated/α-hetero) is 1. The molecule has 0 saturated carbocycles. The molecule has 2 aromatic rings. The number of nitrogens with zero attached hydrogens (tertiary/aromatic N) is 1. The number of aliphatic carboxylic acids is 1. The quantitative estimate of drug-likeness (QED) is 0.205. The lowest BCUT2D eigenvalue weighted by Gasteiger charge is -2.28. The summed E-state index contributed by atoms with van der Waals surface area (Å²) in [6.07, 6.45) is 0.784. The number of hydrogen-bond donors (Lipinski definition) is 3. The highest BCUT2D eigenvalue weighted by Gasteiger charge is 2.52. The first-order chi connectivity index (χ1) is 19.1. The third kappa shape index (κ3) is 6.31. The van der Waals surface area contributed by atoms with E-state index in [9.17, 15) is 29.1 Å². The van der Waals surface area contributed by atoms with Crippen LogP contribution in [0.3, 0.4) is 0 Å². The smallest absolute Gasteiger partial charge is 0.326 e. The van der Waals surface area contributed by atoms with E-state index in [-0.39, 0.29) is 26.3 Å². The summed E-state index contributed by atoms with van der Waals surface area (Å²) >= 11 is 12.0. The first kappa shape index (κ1) is 29.2. The predicted molar refractivity (Wildman–Crippen MR) is 143 cm³/mol. The lowest BCUT2D eigenvalue weighted by atomic mass is 9.91. The molecule has 1 saturated heterocycles. The van der Waals surface area contributed by atoms with E-state index in [2.05, 4.69) is 10.6 Å². The van der Waals surface area contributed by atoms with Crippen molar-refractivity contribution >= 4 is 52.7 Å². The summed E-state index contributed by atoms with van der Waals surface area (Å²) in [4.78, 5) is 63.9. The van der Waals surface area contributed by atoms with Gasteiger partial charge in [-0.1, -0.05) is 41.4 Å². The number of nitrogens with one attached hydrogen (secondary N) is 2. The zero-order valence-corrected chi connectivity index (χ0v) is 23.0. The summed E-state index contributed by atoms with van der Waals surface area (Å²) in [7, 11) is 0. The molecule has 0 bridgehead atoms. The number of halogens is 2. The van der Waals surface area contributed by atoms with Crippen molar-refractivity contribution in [1.82, 2.24) is 15.5 Å². The average Bonchev–Trinajstić information content (AvgIpc) is 3.49. The molecule has 40 heavy (non-hydrogen) atoms. The second kappa shape index (κ2) is 12.6. The molecule has 3 unspecified atom stereocenters. The van der Waals surface area contributed by atoms with Gasteiger partial charge in [0.05, 0.1) is 16.1 Å². The van der Waals surface area contributed by atoms with Gasteiger partial charge in [-0.25, -0.2) is 4.79 Å². The monoisotopic (exact) mass is 591 g/mol. The van der Waals surface area contributed by atoms with Gasteiger partial charge in [0.15, 0.2) is 11.5 Å². The number of carbonyl (C=O) groups is 5. The van der Waals surface area contributed by atoms with E-state index in [1.165, 1.54) is 11.8 Å². The second-order valence-electron chi connectivity index (χ2n) is 9.42. The molecule has 11 nitrogen and oxygen atoms in total. The van der Waals surface area contributed by atoms with Gasteiger partial charge in [-0.2, -0.15) is 0 Å². The molecule has 0 aromatic heterocycles. The van der Waals surface area contributed by atoms with Gasteiger partial charge in [0.25, 0.3) is 5.91 Å². The maximum absolute atomic E-state index is 13.4. The molecule has 4 rings (SSSR count). The van der Waals surface area contributed by atoms with Crippen molar-refractivity contribution in [3.8, 4) is 11.5 Å². The summed E-state index contributed by atoms with van der Waals surface area (Å²) in [6.45, 7) is 1.30. The van der Waals surface area contributed by atoms with Crippen LogP contribution in [0.2, 0.25) is 10.0 Å².